The van der Waals surface area contributed by atoms with Crippen molar-refractivity contribution in [2.45, 2.75) is 38.8 Å². The van der Waals surface area contributed by atoms with Gasteiger partial charge >= 0.3 is 0 Å². The summed E-state index contributed by atoms with van der Waals surface area (Å²) in [5.74, 6) is -0.260. The summed E-state index contributed by atoms with van der Waals surface area (Å²) >= 11 is 18.6. The molecule has 0 aliphatic carbocycles. The van der Waals surface area contributed by atoms with Crippen LogP contribution in [0.4, 0.5) is 0 Å². The molecule has 0 spiro atoms. The van der Waals surface area contributed by atoms with Gasteiger partial charge in [-0.15, -0.1) is 0 Å². The lowest BCUT2D eigenvalue weighted by Gasteiger charge is -2.31. The van der Waals surface area contributed by atoms with Gasteiger partial charge in [-0.05, 0) is 41.8 Å². The van der Waals surface area contributed by atoms with Crippen LogP contribution in [0.25, 0.3) is 0 Å². The maximum Gasteiger partial charge on any atom is 0.261 e. The second-order valence-electron chi connectivity index (χ2n) is 8.33. The van der Waals surface area contributed by atoms with Crippen molar-refractivity contribution in [2.75, 3.05) is 13.2 Å². The molecule has 190 valence electrons. The second kappa shape index (κ2) is 14.1. The van der Waals surface area contributed by atoms with Gasteiger partial charge in [-0.3, -0.25) is 9.59 Å². The van der Waals surface area contributed by atoms with Crippen molar-refractivity contribution in [1.82, 2.24) is 10.2 Å². The molecule has 36 heavy (non-hydrogen) atoms. The maximum atomic E-state index is 13.6. The monoisotopic (exact) mass is 546 g/mol. The zero-order valence-corrected chi connectivity index (χ0v) is 22.3. The summed E-state index contributed by atoms with van der Waals surface area (Å²) in [7, 11) is 0. The van der Waals surface area contributed by atoms with Gasteiger partial charge in [-0.2, -0.15) is 0 Å². The first-order chi connectivity index (χ1) is 17.4. The average molecular weight is 548 g/mol. The minimum atomic E-state index is -0.766. The number of nitrogens with one attached hydrogen (secondary N) is 1. The minimum absolute atomic E-state index is 0.148. The molecule has 8 heteroatoms. The molecule has 0 radical (unpaired) electrons. The Morgan fingerprint density at radius 1 is 0.944 bits per heavy atom. The molecular weight excluding hydrogens is 519 g/mol. The molecule has 1 N–H and O–H groups in total. The maximum absolute atomic E-state index is 13.6. The molecular formula is C28H29Cl3N2O3. The molecule has 0 unspecified atom stereocenters. The van der Waals surface area contributed by atoms with E-state index in [2.05, 4.69) is 12.2 Å². The third-order valence-electron chi connectivity index (χ3n) is 5.64. The van der Waals surface area contributed by atoms with Crippen molar-refractivity contribution in [3.05, 3.63) is 99.0 Å². The van der Waals surface area contributed by atoms with Crippen LogP contribution < -0.4 is 10.1 Å². The molecule has 0 aliphatic heterocycles. The highest BCUT2D eigenvalue weighted by molar-refractivity contribution is 6.35. The third-order valence-corrected chi connectivity index (χ3v) is 6.54. The summed E-state index contributed by atoms with van der Waals surface area (Å²) in [6, 6.07) is 20.9. The number of carbonyl (C=O) groups excluding carboxylic acids is 2. The van der Waals surface area contributed by atoms with Crippen molar-refractivity contribution in [3.63, 3.8) is 0 Å². The number of ether oxygens (including phenoxy) is 1. The molecule has 3 aromatic carbocycles. The van der Waals surface area contributed by atoms with E-state index in [1.807, 2.05) is 48.5 Å². The smallest absolute Gasteiger partial charge is 0.261 e. The van der Waals surface area contributed by atoms with Gasteiger partial charge in [0.15, 0.2) is 6.61 Å². The normalized spacial score (nSPS) is 11.6. The second-order valence-corrected chi connectivity index (χ2v) is 9.58. The van der Waals surface area contributed by atoms with Crippen LogP contribution in [-0.2, 0) is 22.6 Å². The lowest BCUT2D eigenvalue weighted by molar-refractivity contribution is -0.142. The number of amides is 2. The predicted octanol–water partition coefficient (Wildman–Crippen LogP) is 6.58. The number of halogens is 3. The molecule has 0 saturated heterocycles. The van der Waals surface area contributed by atoms with Crippen LogP contribution in [-0.4, -0.2) is 35.9 Å². The van der Waals surface area contributed by atoms with Gasteiger partial charge in [0.05, 0.1) is 5.02 Å². The number of rotatable bonds is 12. The molecule has 0 bridgehead atoms. The SMILES string of the molecule is CCCCNC(=O)[C@H](Cc1ccccc1)N(Cc1ccccc1Cl)C(=O)COc1ccc(Cl)cc1Cl. The Labute approximate surface area is 227 Å². The van der Waals surface area contributed by atoms with Crippen LogP contribution in [0, 0.1) is 0 Å². The van der Waals surface area contributed by atoms with E-state index in [9.17, 15) is 9.59 Å². The zero-order valence-electron chi connectivity index (χ0n) is 20.1. The van der Waals surface area contributed by atoms with E-state index in [-0.39, 0.29) is 25.0 Å². The summed E-state index contributed by atoms with van der Waals surface area (Å²) in [5.41, 5.74) is 1.67. The highest BCUT2D eigenvalue weighted by Crippen LogP contribution is 2.28. The lowest BCUT2D eigenvalue weighted by Crippen LogP contribution is -2.51. The van der Waals surface area contributed by atoms with Crippen LogP contribution in [0.15, 0.2) is 72.8 Å². The Balaban J connectivity index is 1.90. The standard InChI is InChI=1S/C28H29Cl3N2O3/c1-2-3-15-32-28(35)25(16-20-9-5-4-6-10-20)33(18-21-11-7-8-12-23(21)30)27(34)19-36-26-14-13-22(29)17-24(26)31/h4-14,17,25H,2-3,15-16,18-19H2,1H3,(H,32,35)/t25-/m0/s1. The van der Waals surface area contributed by atoms with Gasteiger partial charge in [0.2, 0.25) is 5.91 Å². The number of benzene rings is 3. The van der Waals surface area contributed by atoms with E-state index in [0.29, 0.717) is 33.8 Å². The molecule has 1 atom stereocenters. The van der Waals surface area contributed by atoms with E-state index >= 15 is 0 Å². The molecule has 3 rings (SSSR count). The fourth-order valence-electron chi connectivity index (χ4n) is 3.68. The number of carbonyl (C=O) groups is 2. The number of nitrogens with zero attached hydrogens (tertiary/aromatic N) is 1. The fraction of sp³-hybridized carbons (Fsp3) is 0.286. The first-order valence-electron chi connectivity index (χ1n) is 11.8. The molecule has 0 aliphatic rings. The topological polar surface area (TPSA) is 58.6 Å². The van der Waals surface area contributed by atoms with Crippen LogP contribution in [0.3, 0.4) is 0 Å². The summed E-state index contributed by atoms with van der Waals surface area (Å²) < 4.78 is 5.73. The first kappa shape index (κ1) is 27.9. The Morgan fingerprint density at radius 2 is 1.67 bits per heavy atom. The molecule has 0 aromatic heterocycles. The lowest BCUT2D eigenvalue weighted by atomic mass is 10.0. The highest BCUT2D eigenvalue weighted by Gasteiger charge is 2.31. The Hall–Kier alpha value is -2.73. The Kier molecular flexibility index (Phi) is 10.9. The van der Waals surface area contributed by atoms with Crippen LogP contribution in [0.2, 0.25) is 15.1 Å². The molecule has 0 heterocycles. The summed E-state index contributed by atoms with van der Waals surface area (Å²) in [5, 5.41) is 4.26. The predicted molar refractivity (Wildman–Crippen MR) is 146 cm³/mol. The summed E-state index contributed by atoms with van der Waals surface area (Å²) in [6.45, 7) is 2.43. The van der Waals surface area contributed by atoms with E-state index in [1.165, 1.54) is 4.90 Å². The molecule has 3 aromatic rings. The summed E-state index contributed by atoms with van der Waals surface area (Å²) in [6.07, 6.45) is 2.14. The number of unbranched alkanes of at least 4 members (excludes halogenated alkanes) is 1. The average Bonchev–Trinajstić information content (AvgIpc) is 2.87. The van der Waals surface area contributed by atoms with Gasteiger partial charge in [-0.25, -0.2) is 0 Å². The van der Waals surface area contributed by atoms with E-state index in [0.717, 1.165) is 24.0 Å². The third kappa shape index (κ3) is 8.16. The van der Waals surface area contributed by atoms with Crippen molar-refractivity contribution in [3.8, 4) is 5.75 Å². The Morgan fingerprint density at radius 3 is 2.36 bits per heavy atom. The molecule has 5 nitrogen and oxygen atoms in total. The minimum Gasteiger partial charge on any atom is -0.482 e. The molecule has 0 saturated carbocycles. The van der Waals surface area contributed by atoms with Crippen molar-refractivity contribution < 1.29 is 14.3 Å². The highest BCUT2D eigenvalue weighted by atomic mass is 35.5. The van der Waals surface area contributed by atoms with Gasteiger partial charge < -0.3 is 15.0 Å². The van der Waals surface area contributed by atoms with Gasteiger partial charge in [0.1, 0.15) is 11.8 Å². The van der Waals surface area contributed by atoms with Gasteiger partial charge in [0.25, 0.3) is 5.91 Å². The zero-order chi connectivity index (χ0) is 25.9. The fourth-order valence-corrected chi connectivity index (χ4v) is 4.34. The Bertz CT molecular complexity index is 1160. The van der Waals surface area contributed by atoms with Crippen LogP contribution in [0.1, 0.15) is 30.9 Å². The van der Waals surface area contributed by atoms with Crippen molar-refractivity contribution in [1.29, 1.82) is 0 Å². The van der Waals surface area contributed by atoms with Crippen molar-refractivity contribution >= 4 is 46.6 Å². The summed E-state index contributed by atoms with van der Waals surface area (Å²) in [4.78, 5) is 28.5. The largest absolute Gasteiger partial charge is 0.482 e. The first-order valence-corrected chi connectivity index (χ1v) is 12.9. The number of hydrogen-bond donors (Lipinski definition) is 1. The van der Waals surface area contributed by atoms with E-state index in [1.54, 1.807) is 24.3 Å². The quantitative estimate of drug-likeness (QED) is 0.261. The van der Waals surface area contributed by atoms with Gasteiger partial charge in [0, 0.05) is 29.6 Å². The number of hydrogen-bond acceptors (Lipinski definition) is 3. The van der Waals surface area contributed by atoms with E-state index < -0.39 is 6.04 Å². The molecule has 0 fully saturated rings. The van der Waals surface area contributed by atoms with Gasteiger partial charge in [-0.1, -0.05) is 96.7 Å². The van der Waals surface area contributed by atoms with Crippen molar-refractivity contribution in [2.24, 2.45) is 0 Å². The molecule has 2 amide bonds. The van der Waals surface area contributed by atoms with Crippen LogP contribution in [0.5, 0.6) is 5.75 Å². The van der Waals surface area contributed by atoms with E-state index in [4.69, 9.17) is 39.5 Å². The van der Waals surface area contributed by atoms with Crippen LogP contribution >= 0.6 is 34.8 Å².